The van der Waals surface area contributed by atoms with Gasteiger partial charge in [-0.15, -0.1) is 0 Å². The second-order valence-corrected chi connectivity index (χ2v) is 15.7. The van der Waals surface area contributed by atoms with E-state index in [4.69, 9.17) is 14.2 Å². The van der Waals surface area contributed by atoms with Crippen molar-refractivity contribution >= 4 is 17.9 Å². The van der Waals surface area contributed by atoms with E-state index in [1.54, 1.807) is 0 Å². The average Bonchev–Trinajstić information content (AvgIpc) is 3.24. The summed E-state index contributed by atoms with van der Waals surface area (Å²) in [5, 5.41) is 0. The number of allylic oxidation sites excluding steroid dienone is 16. The molecule has 0 aliphatic rings. The molecule has 0 saturated heterocycles. The summed E-state index contributed by atoms with van der Waals surface area (Å²) in [5.74, 6) is -0.967. The highest BCUT2D eigenvalue weighted by Crippen LogP contribution is 2.13. The zero-order valence-corrected chi connectivity index (χ0v) is 38.7. The molecule has 0 saturated carbocycles. The van der Waals surface area contributed by atoms with Crippen LogP contribution in [0.3, 0.4) is 0 Å². The molecule has 0 amide bonds. The maximum absolute atomic E-state index is 12.8. The van der Waals surface area contributed by atoms with Gasteiger partial charge in [0.05, 0.1) is 0 Å². The number of carbonyl (C=O) groups excluding carboxylic acids is 3. The van der Waals surface area contributed by atoms with Gasteiger partial charge in [-0.3, -0.25) is 14.4 Å². The Morgan fingerprint density at radius 1 is 0.367 bits per heavy atom. The molecule has 0 rings (SSSR count). The number of carbonyl (C=O) groups is 3. The molecule has 0 spiro atoms. The molecule has 1 atom stereocenters. The summed E-state index contributed by atoms with van der Waals surface area (Å²) in [7, 11) is 0. The van der Waals surface area contributed by atoms with Crippen LogP contribution >= 0.6 is 0 Å². The Labute approximate surface area is 368 Å². The van der Waals surface area contributed by atoms with E-state index in [0.29, 0.717) is 19.3 Å². The fourth-order valence-corrected chi connectivity index (χ4v) is 6.30. The SMILES string of the molecule is CC\C=C/C=C\C=C/C=C\CCCCCC(=O)OCC(COC(=O)CCCCCCCC/C=C\C=C/CCCCC)OC(=O)CCCCCCCCC/C=C\C/C=C\CC. The van der Waals surface area contributed by atoms with E-state index in [2.05, 4.69) is 81.5 Å². The summed E-state index contributed by atoms with van der Waals surface area (Å²) in [5.41, 5.74) is 0. The Kier molecular flexibility index (Phi) is 45.1. The van der Waals surface area contributed by atoms with E-state index in [-0.39, 0.29) is 31.1 Å². The highest BCUT2D eigenvalue weighted by atomic mass is 16.6. The van der Waals surface area contributed by atoms with Crippen molar-refractivity contribution < 1.29 is 28.6 Å². The van der Waals surface area contributed by atoms with Crippen LogP contribution < -0.4 is 0 Å². The quantitative estimate of drug-likeness (QED) is 0.0200. The summed E-state index contributed by atoms with van der Waals surface area (Å²) in [6, 6.07) is 0. The smallest absolute Gasteiger partial charge is 0.306 e. The van der Waals surface area contributed by atoms with Crippen LogP contribution in [0.15, 0.2) is 97.2 Å². The first-order valence-electron chi connectivity index (χ1n) is 24.3. The van der Waals surface area contributed by atoms with Crippen LogP contribution in [0.4, 0.5) is 0 Å². The maximum Gasteiger partial charge on any atom is 0.306 e. The van der Waals surface area contributed by atoms with Gasteiger partial charge in [0.15, 0.2) is 6.10 Å². The largest absolute Gasteiger partial charge is 0.462 e. The van der Waals surface area contributed by atoms with Gasteiger partial charge in [-0.25, -0.2) is 0 Å². The predicted molar refractivity (Wildman–Crippen MR) is 256 cm³/mol. The molecule has 340 valence electrons. The number of unbranched alkanes of at least 4 members (excludes halogenated alkanes) is 19. The summed E-state index contributed by atoms with van der Waals surface area (Å²) in [6.45, 7) is 6.29. The lowest BCUT2D eigenvalue weighted by Crippen LogP contribution is -2.30. The van der Waals surface area contributed by atoms with E-state index in [0.717, 1.165) is 96.3 Å². The van der Waals surface area contributed by atoms with Crippen molar-refractivity contribution in [2.45, 2.75) is 213 Å². The topological polar surface area (TPSA) is 78.9 Å². The first kappa shape index (κ1) is 56.3. The molecule has 0 N–H and O–H groups in total. The number of esters is 3. The molecular formula is C54H88O6. The van der Waals surface area contributed by atoms with Crippen LogP contribution in [0.1, 0.15) is 207 Å². The summed E-state index contributed by atoms with van der Waals surface area (Å²) in [6.07, 6.45) is 62.4. The number of ether oxygens (including phenoxy) is 3. The van der Waals surface area contributed by atoms with Crippen molar-refractivity contribution in [1.29, 1.82) is 0 Å². The lowest BCUT2D eigenvalue weighted by Gasteiger charge is -2.18. The number of hydrogen-bond donors (Lipinski definition) is 0. The Bertz CT molecular complexity index is 1230. The predicted octanol–water partition coefficient (Wildman–Crippen LogP) is 15.8. The molecule has 0 heterocycles. The van der Waals surface area contributed by atoms with Crippen molar-refractivity contribution in [3.8, 4) is 0 Å². The lowest BCUT2D eigenvalue weighted by molar-refractivity contribution is -0.167. The summed E-state index contributed by atoms with van der Waals surface area (Å²) in [4.78, 5) is 37.9. The minimum atomic E-state index is -0.802. The van der Waals surface area contributed by atoms with Crippen molar-refractivity contribution in [2.75, 3.05) is 13.2 Å². The van der Waals surface area contributed by atoms with Crippen LogP contribution in [0.25, 0.3) is 0 Å². The lowest BCUT2D eigenvalue weighted by atomic mass is 10.1. The normalized spacial score (nSPS) is 12.9. The van der Waals surface area contributed by atoms with Gasteiger partial charge in [0, 0.05) is 19.3 Å². The average molecular weight is 833 g/mol. The molecule has 0 fully saturated rings. The molecule has 6 heteroatoms. The van der Waals surface area contributed by atoms with Crippen LogP contribution in [0, 0.1) is 0 Å². The second-order valence-electron chi connectivity index (χ2n) is 15.7. The van der Waals surface area contributed by atoms with E-state index in [1.165, 1.54) is 70.6 Å². The third-order valence-corrected chi connectivity index (χ3v) is 9.93. The first-order chi connectivity index (χ1) is 29.5. The van der Waals surface area contributed by atoms with Crippen LogP contribution in [-0.4, -0.2) is 37.2 Å². The molecular weight excluding hydrogens is 745 g/mol. The van der Waals surface area contributed by atoms with Gasteiger partial charge in [-0.2, -0.15) is 0 Å². The molecule has 0 aromatic heterocycles. The van der Waals surface area contributed by atoms with Crippen LogP contribution in [0.2, 0.25) is 0 Å². The standard InChI is InChI=1S/C54H88O6/c1-4-7-10-13-16-19-22-25-27-30-32-35-38-41-44-47-53(56)59-50-51(49-58-52(55)46-43-40-37-34-31-28-24-21-18-15-12-9-6-3)60-54(57)48-45-42-39-36-33-29-26-23-20-17-14-11-8-5-2/h8-9,11-12,15-22,24-25,28,31,51H,4-7,10,13-14,23,26-27,29-30,32-50H2,1-3H3/b11-8-,12-9-,18-15-,19-16-,20-17-,24-21-,25-22-,31-28-. The molecule has 0 aliphatic carbocycles. The number of rotatable bonds is 42. The molecule has 0 bridgehead atoms. The van der Waals surface area contributed by atoms with Gasteiger partial charge < -0.3 is 14.2 Å². The Morgan fingerprint density at radius 2 is 0.733 bits per heavy atom. The molecule has 0 radical (unpaired) electrons. The summed E-state index contributed by atoms with van der Waals surface area (Å²) >= 11 is 0. The van der Waals surface area contributed by atoms with Gasteiger partial charge in [-0.05, 0) is 89.9 Å². The minimum Gasteiger partial charge on any atom is -0.462 e. The monoisotopic (exact) mass is 833 g/mol. The second kappa shape index (κ2) is 48.0. The van der Waals surface area contributed by atoms with E-state index >= 15 is 0 Å². The van der Waals surface area contributed by atoms with Gasteiger partial charge in [0.2, 0.25) is 0 Å². The van der Waals surface area contributed by atoms with Gasteiger partial charge in [-0.1, -0.05) is 195 Å². The zero-order chi connectivity index (χ0) is 43.7. The number of hydrogen-bond acceptors (Lipinski definition) is 6. The fourth-order valence-electron chi connectivity index (χ4n) is 6.30. The summed E-state index contributed by atoms with van der Waals surface area (Å²) < 4.78 is 16.7. The molecule has 1 unspecified atom stereocenters. The van der Waals surface area contributed by atoms with Gasteiger partial charge >= 0.3 is 17.9 Å². The highest BCUT2D eigenvalue weighted by Gasteiger charge is 2.19. The van der Waals surface area contributed by atoms with Crippen molar-refractivity contribution in [3.63, 3.8) is 0 Å². The van der Waals surface area contributed by atoms with E-state index in [9.17, 15) is 14.4 Å². The van der Waals surface area contributed by atoms with Crippen molar-refractivity contribution in [2.24, 2.45) is 0 Å². The Hall–Kier alpha value is -3.67. The Balaban J connectivity index is 4.49. The van der Waals surface area contributed by atoms with E-state index in [1.807, 2.05) is 36.5 Å². The Morgan fingerprint density at radius 3 is 1.23 bits per heavy atom. The third kappa shape index (κ3) is 45.4. The molecule has 60 heavy (non-hydrogen) atoms. The zero-order valence-electron chi connectivity index (χ0n) is 38.7. The molecule has 0 aromatic carbocycles. The third-order valence-electron chi connectivity index (χ3n) is 9.93. The minimum absolute atomic E-state index is 0.101. The first-order valence-corrected chi connectivity index (χ1v) is 24.3. The van der Waals surface area contributed by atoms with Crippen LogP contribution in [0.5, 0.6) is 0 Å². The fraction of sp³-hybridized carbons (Fsp3) is 0.648. The van der Waals surface area contributed by atoms with Crippen LogP contribution in [-0.2, 0) is 28.6 Å². The van der Waals surface area contributed by atoms with E-state index < -0.39 is 6.10 Å². The molecule has 6 nitrogen and oxygen atoms in total. The van der Waals surface area contributed by atoms with Gasteiger partial charge in [0.1, 0.15) is 13.2 Å². The molecule has 0 aromatic rings. The van der Waals surface area contributed by atoms with Gasteiger partial charge in [0.25, 0.3) is 0 Å². The van der Waals surface area contributed by atoms with Crippen molar-refractivity contribution in [1.82, 2.24) is 0 Å². The highest BCUT2D eigenvalue weighted by molar-refractivity contribution is 5.71. The molecule has 0 aliphatic heterocycles. The van der Waals surface area contributed by atoms with Crippen molar-refractivity contribution in [3.05, 3.63) is 97.2 Å². The maximum atomic E-state index is 12.8.